The molecule has 0 bridgehead atoms. The van der Waals surface area contributed by atoms with Gasteiger partial charge in [-0.3, -0.25) is 0 Å². The third-order valence-electron chi connectivity index (χ3n) is 7.23. The number of ether oxygens (including phenoxy) is 1. The lowest BCUT2D eigenvalue weighted by atomic mass is 9.95. The van der Waals surface area contributed by atoms with Gasteiger partial charge in [0.2, 0.25) is 0 Å². The van der Waals surface area contributed by atoms with Crippen molar-refractivity contribution >= 4 is 29.0 Å². The minimum absolute atomic E-state index is 0.269. The van der Waals surface area contributed by atoms with E-state index >= 15 is 0 Å². The predicted octanol–water partition coefficient (Wildman–Crippen LogP) is 6.87. The van der Waals surface area contributed by atoms with Crippen molar-refractivity contribution in [2.45, 2.75) is 45.2 Å². The number of halogens is 1. The Morgan fingerprint density at radius 3 is 2.74 bits per heavy atom. The quantitative estimate of drug-likeness (QED) is 0.294. The van der Waals surface area contributed by atoms with E-state index < -0.39 is 12.0 Å². The normalized spacial score (nSPS) is 16.2. The van der Waals surface area contributed by atoms with Crippen LogP contribution in [-0.4, -0.2) is 28.1 Å². The third-order valence-corrected chi connectivity index (χ3v) is 8.56. The van der Waals surface area contributed by atoms with Crippen LogP contribution in [0.1, 0.15) is 63.4 Å². The summed E-state index contributed by atoms with van der Waals surface area (Å²) in [6, 6.07) is 16.3. The lowest BCUT2D eigenvalue weighted by Crippen LogP contribution is -2.38. The van der Waals surface area contributed by atoms with Gasteiger partial charge in [0, 0.05) is 22.3 Å². The minimum Gasteiger partial charge on any atom is -0.462 e. The molecule has 38 heavy (non-hydrogen) atoms. The second-order valence-electron chi connectivity index (χ2n) is 9.61. The number of esters is 1. The van der Waals surface area contributed by atoms with E-state index in [4.69, 9.17) is 4.74 Å². The Kier molecular flexibility index (Phi) is 6.49. The number of anilines is 1. The lowest BCUT2D eigenvalue weighted by molar-refractivity contribution is 0.0526. The number of amides is 2. The summed E-state index contributed by atoms with van der Waals surface area (Å²) in [5.74, 6) is -0.789. The lowest BCUT2D eigenvalue weighted by Gasteiger charge is -2.31. The number of carbonyl (C=O) groups is 2. The summed E-state index contributed by atoms with van der Waals surface area (Å²) in [7, 11) is 0. The highest BCUT2D eigenvalue weighted by molar-refractivity contribution is 7.15. The highest BCUT2D eigenvalue weighted by atomic mass is 32.1. The van der Waals surface area contributed by atoms with E-state index in [2.05, 4.69) is 9.88 Å². The molecule has 1 atom stereocenters. The number of hydrogen-bond donors (Lipinski definition) is 1. The van der Waals surface area contributed by atoms with Gasteiger partial charge in [-0.25, -0.2) is 14.0 Å². The van der Waals surface area contributed by atoms with Gasteiger partial charge in [0.05, 0.1) is 30.5 Å². The van der Waals surface area contributed by atoms with Crippen molar-refractivity contribution in [2.75, 3.05) is 11.9 Å². The van der Waals surface area contributed by atoms with Gasteiger partial charge in [-0.05, 0) is 86.2 Å². The maximum absolute atomic E-state index is 14.4. The van der Waals surface area contributed by atoms with Gasteiger partial charge in [0.15, 0.2) is 0 Å². The average molecular weight is 530 g/mol. The van der Waals surface area contributed by atoms with Gasteiger partial charge in [-0.15, -0.1) is 11.3 Å². The van der Waals surface area contributed by atoms with Crippen molar-refractivity contribution in [3.05, 3.63) is 106 Å². The van der Waals surface area contributed by atoms with Crippen molar-refractivity contribution < 1.29 is 18.7 Å². The number of benzene rings is 2. The molecule has 2 aromatic carbocycles. The van der Waals surface area contributed by atoms with Crippen LogP contribution in [0.3, 0.4) is 0 Å². The number of rotatable bonds is 4. The first-order chi connectivity index (χ1) is 18.5. The summed E-state index contributed by atoms with van der Waals surface area (Å²) in [4.78, 5) is 29.5. The van der Waals surface area contributed by atoms with Gasteiger partial charge in [0.25, 0.3) is 0 Å². The Balaban J connectivity index is 1.44. The Bertz CT molecular complexity index is 1520. The van der Waals surface area contributed by atoms with Crippen molar-refractivity contribution in [2.24, 2.45) is 0 Å². The number of carbonyl (C=O) groups excluding carboxylic acids is 2. The fraction of sp³-hybridized carbons (Fsp3) is 0.267. The van der Waals surface area contributed by atoms with E-state index in [1.807, 2.05) is 24.4 Å². The fourth-order valence-electron chi connectivity index (χ4n) is 5.55. The molecule has 0 fully saturated rings. The largest absolute Gasteiger partial charge is 0.462 e. The minimum atomic E-state index is -0.507. The number of urea groups is 1. The molecule has 1 N–H and O–H groups in total. The van der Waals surface area contributed by atoms with Crippen LogP contribution in [0.2, 0.25) is 0 Å². The summed E-state index contributed by atoms with van der Waals surface area (Å²) in [6.07, 6.45) is 6.41. The highest BCUT2D eigenvalue weighted by Crippen LogP contribution is 2.44. The second kappa shape index (κ2) is 10.1. The van der Waals surface area contributed by atoms with Crippen LogP contribution in [0, 0.1) is 5.82 Å². The van der Waals surface area contributed by atoms with Crippen LogP contribution in [-0.2, 0) is 24.1 Å². The smallest absolute Gasteiger partial charge is 0.338 e. The number of aryl methyl sites for hydroxylation is 1. The van der Waals surface area contributed by atoms with Crippen molar-refractivity contribution in [3.63, 3.8) is 0 Å². The average Bonchev–Trinajstić information content (AvgIpc) is 3.51. The fourth-order valence-corrected chi connectivity index (χ4v) is 6.95. The van der Waals surface area contributed by atoms with Gasteiger partial charge in [0.1, 0.15) is 10.8 Å². The molecule has 2 aliphatic rings. The van der Waals surface area contributed by atoms with E-state index in [1.165, 1.54) is 29.0 Å². The molecule has 3 heterocycles. The number of thiophene rings is 1. The maximum Gasteiger partial charge on any atom is 0.338 e. The topological polar surface area (TPSA) is 63.6 Å². The molecule has 1 aliphatic heterocycles. The molecule has 1 aliphatic carbocycles. The monoisotopic (exact) mass is 529 g/mol. The molecule has 0 saturated heterocycles. The van der Waals surface area contributed by atoms with Crippen molar-refractivity contribution in [1.29, 1.82) is 0 Å². The molecule has 4 aromatic rings. The number of nitrogens with one attached hydrogen (secondary N) is 1. The molecule has 6 nitrogen and oxygen atoms in total. The van der Waals surface area contributed by atoms with E-state index in [0.717, 1.165) is 35.5 Å². The van der Waals surface area contributed by atoms with Crippen LogP contribution in [0.25, 0.3) is 5.00 Å². The Morgan fingerprint density at radius 1 is 1.05 bits per heavy atom. The summed E-state index contributed by atoms with van der Waals surface area (Å²) < 4.78 is 21.7. The third kappa shape index (κ3) is 4.39. The van der Waals surface area contributed by atoms with E-state index in [9.17, 15) is 14.0 Å². The molecule has 194 valence electrons. The molecule has 2 aromatic heterocycles. The van der Waals surface area contributed by atoms with Gasteiger partial charge < -0.3 is 19.5 Å². The molecule has 8 heteroatoms. The summed E-state index contributed by atoms with van der Waals surface area (Å²) in [5.41, 5.74) is 4.97. The van der Waals surface area contributed by atoms with E-state index in [0.29, 0.717) is 23.4 Å². The predicted molar refractivity (Wildman–Crippen MR) is 145 cm³/mol. The summed E-state index contributed by atoms with van der Waals surface area (Å²) >= 11 is 1.81. The number of fused-ring (bicyclic) bond motifs is 5. The van der Waals surface area contributed by atoms with E-state index in [1.54, 1.807) is 53.5 Å². The molecular formula is C30H28FN3O3S. The van der Waals surface area contributed by atoms with Crippen LogP contribution in [0.15, 0.2) is 66.9 Å². The van der Waals surface area contributed by atoms with Gasteiger partial charge >= 0.3 is 12.0 Å². The number of aromatic nitrogens is 1. The van der Waals surface area contributed by atoms with Crippen LogP contribution in [0.5, 0.6) is 0 Å². The maximum atomic E-state index is 14.4. The van der Waals surface area contributed by atoms with Crippen LogP contribution < -0.4 is 5.32 Å². The molecular weight excluding hydrogens is 501 g/mol. The first kappa shape index (κ1) is 24.4. The van der Waals surface area contributed by atoms with Crippen molar-refractivity contribution in [3.8, 4) is 5.00 Å². The second-order valence-corrected chi connectivity index (χ2v) is 10.7. The van der Waals surface area contributed by atoms with Gasteiger partial charge in [-0.2, -0.15) is 0 Å². The molecule has 0 spiro atoms. The Hall–Kier alpha value is -3.91. The first-order valence-electron chi connectivity index (χ1n) is 12.9. The number of hydrogen-bond acceptors (Lipinski definition) is 4. The van der Waals surface area contributed by atoms with Crippen LogP contribution >= 0.6 is 11.3 Å². The molecule has 0 radical (unpaired) electrons. The summed E-state index contributed by atoms with van der Waals surface area (Å²) in [6.45, 7) is 2.42. The first-order valence-corrected chi connectivity index (χ1v) is 13.8. The Labute approximate surface area is 224 Å². The van der Waals surface area contributed by atoms with Gasteiger partial charge in [-0.1, -0.05) is 18.2 Å². The Morgan fingerprint density at radius 2 is 1.89 bits per heavy atom. The molecule has 0 saturated carbocycles. The zero-order valence-corrected chi connectivity index (χ0v) is 21.9. The van der Waals surface area contributed by atoms with Crippen LogP contribution in [0.4, 0.5) is 14.9 Å². The standard InChI is InChI=1S/C30H28FN3O3S/c1-2-37-29(35)20-9-6-11-22(17-20)32-30(36)34-18-24-23-12-3-4-14-26(23)38-28(24)33-15-7-13-25(33)27(34)19-8-5-10-21(31)16-19/h5-11,13,15-17,27H,2-4,12,14,18H2,1H3,(H,32,36)/t27-/m0/s1. The van der Waals surface area contributed by atoms with E-state index in [-0.39, 0.29) is 18.5 Å². The highest BCUT2D eigenvalue weighted by Gasteiger charge is 2.36. The molecule has 0 unspecified atom stereocenters. The zero-order valence-electron chi connectivity index (χ0n) is 21.1. The zero-order chi connectivity index (χ0) is 26.2. The number of nitrogens with zero attached hydrogens (tertiary/aromatic N) is 2. The molecule has 2 amide bonds. The van der Waals surface area contributed by atoms with Crippen molar-refractivity contribution in [1.82, 2.24) is 9.47 Å². The molecule has 6 rings (SSSR count). The SMILES string of the molecule is CCOC(=O)c1cccc(NC(=O)N2Cc3c(sc4c3CCCC4)-n3cccc3[C@@H]2c2cccc(F)c2)c1. The summed E-state index contributed by atoms with van der Waals surface area (Å²) in [5, 5.41) is 4.13.